The number of benzene rings is 3. The van der Waals surface area contributed by atoms with Gasteiger partial charge in [-0.15, -0.1) is 0 Å². The molecule has 4 rings (SSSR count). The largest absolute Gasteiger partial charge is 0.497 e. The van der Waals surface area contributed by atoms with E-state index in [1.165, 1.54) is 0 Å². The summed E-state index contributed by atoms with van der Waals surface area (Å²) in [6, 6.07) is 21.8. The van der Waals surface area contributed by atoms with E-state index in [1.54, 1.807) is 46.9 Å². The SMILES string of the molecule is CCC(c1nc2ccccc2c(=O)n1-c1cccc(C)c1)N(CC)C(=O)c1ccc(OC)cc1. The number of hydrogen-bond acceptors (Lipinski definition) is 4. The molecule has 1 heterocycles. The van der Waals surface area contributed by atoms with E-state index in [-0.39, 0.29) is 11.5 Å². The summed E-state index contributed by atoms with van der Waals surface area (Å²) in [6.07, 6.45) is 0.604. The second kappa shape index (κ2) is 9.91. The molecule has 0 spiro atoms. The van der Waals surface area contributed by atoms with Gasteiger partial charge in [0.2, 0.25) is 0 Å². The second-order valence-corrected chi connectivity index (χ2v) is 8.21. The second-order valence-electron chi connectivity index (χ2n) is 8.21. The topological polar surface area (TPSA) is 64.4 Å². The van der Waals surface area contributed by atoms with Gasteiger partial charge in [0, 0.05) is 12.1 Å². The normalized spacial score (nSPS) is 11.9. The number of amides is 1. The van der Waals surface area contributed by atoms with Gasteiger partial charge in [-0.25, -0.2) is 4.98 Å². The summed E-state index contributed by atoms with van der Waals surface area (Å²) in [4.78, 5) is 34.0. The third-order valence-corrected chi connectivity index (χ3v) is 6.06. The molecule has 6 nitrogen and oxygen atoms in total. The van der Waals surface area contributed by atoms with E-state index in [0.717, 1.165) is 11.3 Å². The van der Waals surface area contributed by atoms with E-state index < -0.39 is 6.04 Å². The number of rotatable bonds is 7. The van der Waals surface area contributed by atoms with Gasteiger partial charge in [0.1, 0.15) is 11.6 Å². The lowest BCUT2D eigenvalue weighted by atomic mass is 10.1. The standard InChI is InChI=1S/C28H29N3O3/c1-5-25(30(6-2)27(32)20-14-16-22(34-4)17-15-20)26-29-24-13-8-7-12-23(24)28(33)31(26)21-11-9-10-19(3)18-21/h7-18,25H,5-6H2,1-4H3. The predicted molar refractivity (Wildman–Crippen MR) is 135 cm³/mol. The Kier molecular flexibility index (Phi) is 6.77. The van der Waals surface area contributed by atoms with E-state index in [4.69, 9.17) is 9.72 Å². The van der Waals surface area contributed by atoms with Crippen molar-refractivity contribution >= 4 is 16.8 Å². The van der Waals surface area contributed by atoms with E-state index in [2.05, 4.69) is 0 Å². The third kappa shape index (κ3) is 4.31. The highest BCUT2D eigenvalue weighted by Crippen LogP contribution is 2.28. The maximum absolute atomic E-state index is 13.7. The number of para-hydroxylation sites is 1. The monoisotopic (exact) mass is 455 g/mol. The average molecular weight is 456 g/mol. The van der Waals surface area contributed by atoms with E-state index in [0.29, 0.717) is 41.0 Å². The lowest BCUT2D eigenvalue weighted by Gasteiger charge is -2.31. The minimum absolute atomic E-state index is 0.116. The molecule has 0 aliphatic carbocycles. The number of methoxy groups -OCH3 is 1. The lowest BCUT2D eigenvalue weighted by Crippen LogP contribution is -2.38. The molecule has 174 valence electrons. The third-order valence-electron chi connectivity index (χ3n) is 6.06. The maximum Gasteiger partial charge on any atom is 0.266 e. The summed E-state index contributed by atoms with van der Waals surface area (Å²) >= 11 is 0. The van der Waals surface area contributed by atoms with E-state index in [9.17, 15) is 9.59 Å². The smallest absolute Gasteiger partial charge is 0.266 e. The van der Waals surface area contributed by atoms with Crippen molar-refractivity contribution in [1.29, 1.82) is 0 Å². The van der Waals surface area contributed by atoms with Crippen LogP contribution in [-0.2, 0) is 0 Å². The molecule has 0 aliphatic heterocycles. The van der Waals surface area contributed by atoms with Gasteiger partial charge in [-0.2, -0.15) is 0 Å². The molecule has 0 saturated carbocycles. The van der Waals surface area contributed by atoms with Crippen LogP contribution in [0.4, 0.5) is 0 Å². The highest BCUT2D eigenvalue weighted by Gasteiger charge is 2.28. The van der Waals surface area contributed by atoms with Crippen LogP contribution < -0.4 is 10.3 Å². The Balaban J connectivity index is 1.90. The number of aryl methyl sites for hydroxylation is 1. The number of ether oxygens (including phenoxy) is 1. The molecule has 0 aliphatic rings. The van der Waals surface area contributed by atoms with Crippen LogP contribution in [0.15, 0.2) is 77.6 Å². The van der Waals surface area contributed by atoms with Crippen LogP contribution in [0, 0.1) is 6.92 Å². The van der Waals surface area contributed by atoms with E-state index >= 15 is 0 Å². The molecule has 1 aromatic heterocycles. The Morgan fingerprint density at radius 2 is 1.76 bits per heavy atom. The molecular formula is C28H29N3O3. The van der Waals surface area contributed by atoms with Crippen LogP contribution in [0.25, 0.3) is 16.6 Å². The molecule has 0 saturated heterocycles. The molecule has 6 heteroatoms. The highest BCUT2D eigenvalue weighted by atomic mass is 16.5. The zero-order valence-corrected chi connectivity index (χ0v) is 20.0. The van der Waals surface area contributed by atoms with Crippen molar-refractivity contribution in [1.82, 2.24) is 14.5 Å². The van der Waals surface area contributed by atoms with Crippen molar-refractivity contribution in [2.75, 3.05) is 13.7 Å². The first-order valence-electron chi connectivity index (χ1n) is 11.5. The fraction of sp³-hybridized carbons (Fsp3) is 0.250. The molecule has 0 N–H and O–H groups in total. The Hall–Kier alpha value is -3.93. The molecular weight excluding hydrogens is 426 g/mol. The minimum Gasteiger partial charge on any atom is -0.497 e. The molecule has 34 heavy (non-hydrogen) atoms. The predicted octanol–water partition coefficient (Wildman–Crippen LogP) is 5.32. The van der Waals surface area contributed by atoms with Crippen LogP contribution in [-0.4, -0.2) is 34.0 Å². The Labute approximate surface area is 199 Å². The molecule has 3 aromatic carbocycles. The van der Waals surface area contributed by atoms with Crippen LogP contribution >= 0.6 is 0 Å². The summed E-state index contributed by atoms with van der Waals surface area (Å²) in [5.74, 6) is 1.13. The van der Waals surface area contributed by atoms with Crippen molar-refractivity contribution in [3.63, 3.8) is 0 Å². The molecule has 1 amide bonds. The molecule has 1 atom stereocenters. The molecule has 0 radical (unpaired) electrons. The first-order valence-corrected chi connectivity index (χ1v) is 11.5. The summed E-state index contributed by atoms with van der Waals surface area (Å²) < 4.78 is 6.89. The van der Waals surface area contributed by atoms with Crippen LogP contribution in [0.2, 0.25) is 0 Å². The average Bonchev–Trinajstić information content (AvgIpc) is 2.87. The van der Waals surface area contributed by atoms with Gasteiger partial charge >= 0.3 is 0 Å². The number of aromatic nitrogens is 2. The maximum atomic E-state index is 13.7. The van der Waals surface area contributed by atoms with Gasteiger partial charge in [-0.05, 0) is 74.4 Å². The summed E-state index contributed by atoms with van der Waals surface area (Å²) in [5, 5.41) is 0.548. The van der Waals surface area contributed by atoms with Crippen molar-refractivity contribution in [3.05, 3.63) is 100 Å². The zero-order valence-electron chi connectivity index (χ0n) is 20.0. The number of carbonyl (C=O) groups is 1. The fourth-order valence-corrected chi connectivity index (χ4v) is 4.34. The van der Waals surface area contributed by atoms with Crippen molar-refractivity contribution in [2.24, 2.45) is 0 Å². The van der Waals surface area contributed by atoms with Gasteiger partial charge in [-0.1, -0.05) is 31.2 Å². The Bertz CT molecular complexity index is 1380. The fourth-order valence-electron chi connectivity index (χ4n) is 4.34. The van der Waals surface area contributed by atoms with Crippen molar-refractivity contribution in [3.8, 4) is 11.4 Å². The molecule has 0 fully saturated rings. The zero-order chi connectivity index (χ0) is 24.2. The van der Waals surface area contributed by atoms with Crippen molar-refractivity contribution < 1.29 is 9.53 Å². The summed E-state index contributed by atoms with van der Waals surface area (Å²) in [6.45, 7) is 6.42. The van der Waals surface area contributed by atoms with E-state index in [1.807, 2.05) is 63.2 Å². The van der Waals surface area contributed by atoms with Gasteiger partial charge < -0.3 is 9.64 Å². The molecule has 4 aromatic rings. The van der Waals surface area contributed by atoms with Crippen LogP contribution in [0.3, 0.4) is 0 Å². The minimum atomic E-state index is -0.391. The number of carbonyl (C=O) groups excluding carboxylic acids is 1. The molecule has 0 bridgehead atoms. The van der Waals surface area contributed by atoms with Crippen LogP contribution in [0.5, 0.6) is 5.75 Å². The lowest BCUT2D eigenvalue weighted by molar-refractivity contribution is 0.0672. The summed E-state index contributed by atoms with van der Waals surface area (Å²) in [7, 11) is 1.60. The quantitative estimate of drug-likeness (QED) is 0.379. The van der Waals surface area contributed by atoms with Gasteiger partial charge in [0.05, 0.1) is 29.7 Å². The Morgan fingerprint density at radius 3 is 2.41 bits per heavy atom. The first kappa shape index (κ1) is 23.2. The van der Waals surface area contributed by atoms with Gasteiger partial charge in [-0.3, -0.25) is 14.2 Å². The highest BCUT2D eigenvalue weighted by molar-refractivity contribution is 5.94. The van der Waals surface area contributed by atoms with Gasteiger partial charge in [0.15, 0.2) is 0 Å². The van der Waals surface area contributed by atoms with Crippen molar-refractivity contribution in [2.45, 2.75) is 33.2 Å². The number of hydrogen-bond donors (Lipinski definition) is 0. The first-order chi connectivity index (χ1) is 16.5. The molecule has 1 unspecified atom stereocenters. The van der Waals surface area contributed by atoms with Crippen LogP contribution in [0.1, 0.15) is 48.1 Å². The Morgan fingerprint density at radius 1 is 1.03 bits per heavy atom. The summed E-state index contributed by atoms with van der Waals surface area (Å²) in [5.41, 5.74) is 2.82. The number of nitrogens with zero attached hydrogens (tertiary/aromatic N) is 3. The van der Waals surface area contributed by atoms with Gasteiger partial charge in [0.25, 0.3) is 11.5 Å². The number of fused-ring (bicyclic) bond motifs is 1.